The highest BCUT2D eigenvalue weighted by Crippen LogP contribution is 2.34. The molecule has 0 radical (unpaired) electrons. The van der Waals surface area contributed by atoms with Gasteiger partial charge in [0.15, 0.2) is 0 Å². The molecule has 0 saturated carbocycles. The molecule has 0 N–H and O–H groups in total. The maximum Gasteiger partial charge on any atom is 0.419 e. The predicted octanol–water partition coefficient (Wildman–Crippen LogP) is 2.10. The number of aromatic nitrogens is 1. The van der Waals surface area contributed by atoms with Gasteiger partial charge in [-0.3, -0.25) is 4.79 Å². The van der Waals surface area contributed by atoms with E-state index in [9.17, 15) is 18.0 Å². The van der Waals surface area contributed by atoms with Crippen molar-refractivity contribution in [3.05, 3.63) is 23.9 Å². The van der Waals surface area contributed by atoms with Crippen molar-refractivity contribution in [3.63, 3.8) is 0 Å². The smallest absolute Gasteiger partial charge is 0.419 e. The lowest BCUT2D eigenvalue weighted by molar-refractivity contribution is -0.140. The number of hydrogen-bond acceptors (Lipinski definition) is 4. The second-order valence-corrected chi connectivity index (χ2v) is 3.46. The van der Waals surface area contributed by atoms with Crippen molar-refractivity contribution < 1.29 is 22.7 Å². The first-order chi connectivity index (χ1) is 8.40. The zero-order chi connectivity index (χ0) is 13.8. The zero-order valence-corrected chi connectivity index (χ0v) is 9.99. The van der Waals surface area contributed by atoms with Gasteiger partial charge in [0.2, 0.25) is 0 Å². The van der Waals surface area contributed by atoms with Crippen LogP contribution in [0.5, 0.6) is 0 Å². The Morgan fingerprint density at radius 3 is 2.67 bits per heavy atom. The number of esters is 1. The first kappa shape index (κ1) is 14.3. The molecular weight excluding hydrogens is 249 g/mol. The first-order valence-electron chi connectivity index (χ1n) is 5.24. The Hall–Kier alpha value is -1.79. The lowest BCUT2D eigenvalue weighted by atomic mass is 10.2. The van der Waals surface area contributed by atoms with E-state index in [-0.39, 0.29) is 18.9 Å². The van der Waals surface area contributed by atoms with Crippen LogP contribution >= 0.6 is 0 Å². The summed E-state index contributed by atoms with van der Waals surface area (Å²) in [6.07, 6.45) is -3.25. The van der Waals surface area contributed by atoms with Crippen molar-refractivity contribution in [3.8, 4) is 0 Å². The number of halogens is 3. The Morgan fingerprint density at radius 1 is 1.50 bits per heavy atom. The van der Waals surface area contributed by atoms with Crippen LogP contribution in [-0.4, -0.2) is 31.2 Å². The van der Waals surface area contributed by atoms with Crippen molar-refractivity contribution >= 4 is 11.8 Å². The van der Waals surface area contributed by atoms with Crippen molar-refractivity contribution in [1.29, 1.82) is 0 Å². The number of nitrogens with zero attached hydrogens (tertiary/aromatic N) is 2. The van der Waals surface area contributed by atoms with Crippen molar-refractivity contribution in [1.82, 2.24) is 4.98 Å². The van der Waals surface area contributed by atoms with E-state index >= 15 is 0 Å². The van der Waals surface area contributed by atoms with Crippen LogP contribution in [0.1, 0.15) is 12.5 Å². The Kier molecular flexibility index (Phi) is 4.52. The summed E-state index contributed by atoms with van der Waals surface area (Å²) in [5.74, 6) is -0.881. The maximum absolute atomic E-state index is 12.8. The third kappa shape index (κ3) is 3.35. The molecule has 0 aromatic carbocycles. The van der Waals surface area contributed by atoms with Crippen LogP contribution in [0, 0.1) is 0 Å². The fraction of sp³-hybridized carbons (Fsp3) is 0.455. The van der Waals surface area contributed by atoms with Crippen LogP contribution in [0.3, 0.4) is 0 Å². The van der Waals surface area contributed by atoms with E-state index in [1.807, 2.05) is 0 Å². The van der Waals surface area contributed by atoms with Gasteiger partial charge >= 0.3 is 12.1 Å². The molecule has 0 atom stereocenters. The zero-order valence-electron chi connectivity index (χ0n) is 9.99. The molecule has 0 spiro atoms. The molecule has 1 aromatic heterocycles. The Balaban J connectivity index is 3.10. The molecule has 0 unspecified atom stereocenters. The molecule has 18 heavy (non-hydrogen) atoms. The van der Waals surface area contributed by atoms with Crippen LogP contribution in [-0.2, 0) is 15.7 Å². The van der Waals surface area contributed by atoms with E-state index in [2.05, 4.69) is 9.72 Å². The third-order valence-electron chi connectivity index (χ3n) is 2.32. The van der Waals surface area contributed by atoms with Crippen LogP contribution in [0.2, 0.25) is 0 Å². The summed E-state index contributed by atoms with van der Waals surface area (Å²) in [6.45, 7) is 1.58. The van der Waals surface area contributed by atoms with Crippen LogP contribution in [0.15, 0.2) is 18.3 Å². The minimum atomic E-state index is -4.51. The van der Waals surface area contributed by atoms with E-state index in [0.29, 0.717) is 0 Å². The normalized spacial score (nSPS) is 11.2. The van der Waals surface area contributed by atoms with Gasteiger partial charge < -0.3 is 9.64 Å². The molecule has 1 rings (SSSR count). The molecule has 0 aliphatic carbocycles. The molecular formula is C11H13F3N2O2. The minimum Gasteiger partial charge on any atom is -0.468 e. The fourth-order valence-electron chi connectivity index (χ4n) is 1.43. The second kappa shape index (κ2) is 5.70. The van der Waals surface area contributed by atoms with E-state index in [0.717, 1.165) is 6.07 Å². The number of methoxy groups -OCH3 is 1. The van der Waals surface area contributed by atoms with Crippen molar-refractivity contribution in [2.24, 2.45) is 0 Å². The van der Waals surface area contributed by atoms with Gasteiger partial charge in [0.25, 0.3) is 0 Å². The van der Waals surface area contributed by atoms with Gasteiger partial charge in [-0.1, -0.05) is 0 Å². The molecule has 0 aliphatic rings. The molecule has 4 nitrogen and oxygen atoms in total. The third-order valence-corrected chi connectivity index (χ3v) is 2.32. The van der Waals surface area contributed by atoms with Crippen molar-refractivity contribution in [2.45, 2.75) is 13.1 Å². The predicted molar refractivity (Wildman–Crippen MR) is 59.1 cm³/mol. The SMILES string of the molecule is CCN(CC(=O)OC)c1ncccc1C(F)(F)F. The number of rotatable bonds is 4. The van der Waals surface area contributed by atoms with E-state index in [1.165, 1.54) is 24.3 Å². The number of hydrogen-bond donors (Lipinski definition) is 0. The van der Waals surface area contributed by atoms with Crippen LogP contribution in [0.25, 0.3) is 0 Å². The van der Waals surface area contributed by atoms with Crippen LogP contribution in [0.4, 0.5) is 19.0 Å². The van der Waals surface area contributed by atoms with Gasteiger partial charge in [-0.15, -0.1) is 0 Å². The Morgan fingerprint density at radius 2 is 2.17 bits per heavy atom. The summed E-state index contributed by atoms with van der Waals surface area (Å²) >= 11 is 0. The molecule has 1 heterocycles. The molecule has 100 valence electrons. The Labute approximate surface area is 102 Å². The molecule has 0 fully saturated rings. The molecule has 0 bridgehead atoms. The summed E-state index contributed by atoms with van der Waals surface area (Å²) in [5, 5.41) is 0. The van der Waals surface area contributed by atoms with E-state index in [4.69, 9.17) is 0 Å². The van der Waals surface area contributed by atoms with Gasteiger partial charge in [-0.25, -0.2) is 4.98 Å². The summed E-state index contributed by atoms with van der Waals surface area (Å²) in [6, 6.07) is 2.14. The number of anilines is 1. The van der Waals surface area contributed by atoms with E-state index in [1.54, 1.807) is 6.92 Å². The molecule has 0 amide bonds. The quantitative estimate of drug-likeness (QED) is 0.779. The highest BCUT2D eigenvalue weighted by molar-refractivity contribution is 5.75. The summed E-state index contributed by atoms with van der Waals surface area (Å²) in [5.41, 5.74) is -0.865. The lowest BCUT2D eigenvalue weighted by Gasteiger charge is -2.23. The molecule has 0 aliphatic heterocycles. The van der Waals surface area contributed by atoms with Crippen LogP contribution < -0.4 is 4.90 Å². The summed E-state index contributed by atoms with van der Waals surface area (Å²) in [7, 11) is 1.18. The van der Waals surface area contributed by atoms with Gasteiger partial charge in [0.05, 0.1) is 12.7 Å². The summed E-state index contributed by atoms with van der Waals surface area (Å²) in [4.78, 5) is 16.1. The highest BCUT2D eigenvalue weighted by Gasteiger charge is 2.35. The van der Waals surface area contributed by atoms with Gasteiger partial charge in [-0.2, -0.15) is 13.2 Å². The van der Waals surface area contributed by atoms with E-state index < -0.39 is 17.7 Å². The average Bonchev–Trinajstić information content (AvgIpc) is 2.34. The monoisotopic (exact) mass is 262 g/mol. The van der Waals surface area contributed by atoms with Gasteiger partial charge in [0.1, 0.15) is 12.4 Å². The van der Waals surface area contributed by atoms with Gasteiger partial charge in [0, 0.05) is 12.7 Å². The number of alkyl halides is 3. The molecule has 0 saturated heterocycles. The largest absolute Gasteiger partial charge is 0.468 e. The lowest BCUT2D eigenvalue weighted by Crippen LogP contribution is -2.32. The fourth-order valence-corrected chi connectivity index (χ4v) is 1.43. The molecule has 7 heteroatoms. The number of ether oxygens (including phenoxy) is 1. The molecule has 1 aromatic rings. The topological polar surface area (TPSA) is 42.4 Å². The number of carbonyl (C=O) groups is 1. The van der Waals surface area contributed by atoms with Crippen molar-refractivity contribution in [2.75, 3.05) is 25.1 Å². The number of pyridine rings is 1. The standard InChI is InChI=1S/C11H13F3N2O2/c1-3-16(7-9(17)18-2)10-8(11(12,13)14)5-4-6-15-10/h4-6H,3,7H2,1-2H3. The Bertz CT molecular complexity index is 421. The highest BCUT2D eigenvalue weighted by atomic mass is 19.4. The number of carbonyl (C=O) groups excluding carboxylic acids is 1. The maximum atomic E-state index is 12.8. The second-order valence-electron chi connectivity index (χ2n) is 3.46. The summed E-state index contributed by atoms with van der Waals surface area (Å²) < 4.78 is 42.8. The minimum absolute atomic E-state index is 0.217. The number of likely N-dealkylation sites (N-methyl/N-ethyl adjacent to an activating group) is 1. The average molecular weight is 262 g/mol. The van der Waals surface area contributed by atoms with Gasteiger partial charge in [-0.05, 0) is 19.1 Å². The first-order valence-corrected chi connectivity index (χ1v) is 5.24.